The van der Waals surface area contributed by atoms with Gasteiger partial charge in [0.25, 0.3) is 0 Å². The largest absolute Gasteiger partial charge is 2.00 e. The van der Waals surface area contributed by atoms with Crippen LogP contribution in [0, 0.1) is 0 Å². The molecule has 0 heterocycles. The van der Waals surface area contributed by atoms with E-state index in [0.717, 1.165) is 0 Å². The summed E-state index contributed by atoms with van der Waals surface area (Å²) < 4.78 is 34.4. The summed E-state index contributed by atoms with van der Waals surface area (Å²) in [5.41, 5.74) is 0. The molecule has 0 saturated heterocycles. The van der Waals surface area contributed by atoms with E-state index in [1.807, 2.05) is 0 Å². The molecule has 8 heteroatoms. The molecule has 40 valence electrons. The third-order valence-corrected chi connectivity index (χ3v) is 0. The maximum absolute atomic E-state index is 8.59. The second-order valence-corrected chi connectivity index (χ2v) is 1.68. The Bertz CT molecular complexity index is 95.6. The third-order valence-electron chi connectivity index (χ3n) is 0. The number of hydrogen-bond donors (Lipinski definition) is 0. The van der Waals surface area contributed by atoms with E-state index in [1.165, 1.54) is 0 Å². The summed E-state index contributed by atoms with van der Waals surface area (Å²) in [5, 5.41) is 0. The van der Waals surface area contributed by atoms with Crippen LogP contribution in [0.4, 0.5) is 0 Å². The molecule has 0 aliphatic carbocycles. The molecule has 0 unspecified atom stereocenters. The third kappa shape index (κ3) is 84.7. The van der Waals surface area contributed by atoms with Gasteiger partial charge in [-0.3, -0.25) is 0 Å². The van der Waals surface area contributed by atoms with Crippen molar-refractivity contribution in [1.82, 2.24) is 0 Å². The molecule has 0 aliphatic rings. The van der Waals surface area contributed by atoms with Crippen molar-refractivity contribution in [3.05, 3.63) is 0 Å². The van der Waals surface area contributed by atoms with Gasteiger partial charge < -0.3 is 5.48 Å². The number of rotatable bonds is 0. The van der Waals surface area contributed by atoms with Gasteiger partial charge in [-0.1, -0.05) is 0 Å². The maximum Gasteiger partial charge on any atom is 2.00 e. The fourth-order valence-electron chi connectivity index (χ4n) is 0. The molecule has 8 heavy (non-hydrogen) atoms. The van der Waals surface area contributed by atoms with Gasteiger partial charge in [0.05, 0.1) is 0 Å². The van der Waals surface area contributed by atoms with Gasteiger partial charge in [-0.25, -0.2) is 0 Å². The summed E-state index contributed by atoms with van der Waals surface area (Å²) in [5.74, 6) is 0. The second-order valence-electron chi connectivity index (χ2n) is 0.408. The van der Waals surface area contributed by atoms with Gasteiger partial charge in [-0.2, -0.15) is 0 Å². The Labute approximate surface area is 104 Å². The average Bonchev–Trinajstić information content (AvgIpc) is 0.722. The fourth-order valence-corrected chi connectivity index (χ4v) is 0. The van der Waals surface area contributed by atoms with Gasteiger partial charge in [-0.15, -0.1) is 0 Å². The summed E-state index contributed by atoms with van der Waals surface area (Å²) in [6, 6.07) is 0. The van der Waals surface area contributed by atoms with Crippen LogP contribution in [-0.4, -0.2) is 0 Å². The number of hydrogen-bond acceptors (Lipinski definition) is 4. The van der Waals surface area contributed by atoms with E-state index < -0.39 is 13.6 Å². The molecule has 0 aromatic heterocycles. The first-order valence-corrected chi connectivity index (χ1v) is 2.75. The van der Waals surface area contributed by atoms with Crippen LogP contribution >= 0.6 is 0 Å². The van der Waals surface area contributed by atoms with Crippen LogP contribution in [0.25, 0.3) is 0 Å². The van der Waals surface area contributed by atoms with Crippen LogP contribution in [0.3, 0.4) is 0 Å². The zero-order valence-electron chi connectivity index (χ0n) is 4.16. The molecular formula is CrKO5Zn-. The molecule has 0 aliphatic heterocycles. The van der Waals surface area contributed by atoms with Crippen molar-refractivity contribution in [2.45, 2.75) is 0 Å². The van der Waals surface area contributed by atoms with Crippen LogP contribution in [0.1, 0.15) is 0 Å². The summed E-state index contributed by atoms with van der Waals surface area (Å²) in [6.07, 6.45) is 0. The zero-order valence-corrected chi connectivity index (χ0v) is 11.5. The molecule has 0 bridgehead atoms. The first-order valence-electron chi connectivity index (χ1n) is 0.667. The minimum Gasteiger partial charge on any atom is 2.00 e. The predicted octanol–water partition coefficient (Wildman–Crippen LogP) is -5.74. The Hall–Kier alpha value is 2.27. The van der Waals surface area contributed by atoms with E-state index in [0.29, 0.717) is 0 Å². The molecule has 0 amide bonds. The SMILES string of the molecule is [K+].[O-2].[O]=[Cr](=[O])([O-])[O-].[Zn+2]. The van der Waals surface area contributed by atoms with E-state index in [2.05, 4.69) is 0 Å². The monoisotopic (exact) mass is 235 g/mol. The standard InChI is InChI=1S/Cr.K.5O.Zn/q;+1;;;-2;2*-1;+2. The normalized spacial score (nSPS) is 7.25. The molecule has 0 saturated carbocycles. The van der Waals surface area contributed by atoms with E-state index in [9.17, 15) is 0 Å². The van der Waals surface area contributed by atoms with Crippen LogP contribution in [0.5, 0.6) is 0 Å². The minimum absolute atomic E-state index is 0. The Morgan fingerprint density at radius 2 is 1.12 bits per heavy atom. The summed E-state index contributed by atoms with van der Waals surface area (Å²) in [4.78, 5) is 0. The van der Waals surface area contributed by atoms with E-state index >= 15 is 0 Å². The summed E-state index contributed by atoms with van der Waals surface area (Å²) in [6.45, 7) is 0. The molecule has 5 nitrogen and oxygen atoms in total. The first-order chi connectivity index (χ1) is 2.00. The second kappa shape index (κ2) is 9.27. The van der Waals surface area contributed by atoms with Gasteiger partial charge in [0.2, 0.25) is 0 Å². The predicted molar refractivity (Wildman–Crippen MR) is 2.06 cm³/mol. The zero-order chi connectivity index (χ0) is 4.50. The van der Waals surface area contributed by atoms with Crippen LogP contribution in [0.15, 0.2) is 0 Å². The smallest absolute Gasteiger partial charge is 2.00 e. The van der Waals surface area contributed by atoms with Crippen molar-refractivity contribution < 1.29 is 106 Å². The Morgan fingerprint density at radius 3 is 1.12 bits per heavy atom. The van der Waals surface area contributed by atoms with Crippen molar-refractivity contribution in [2.24, 2.45) is 0 Å². The summed E-state index contributed by atoms with van der Waals surface area (Å²) in [7, 11) is 0. The van der Waals surface area contributed by atoms with Crippen LogP contribution in [0.2, 0.25) is 0 Å². The van der Waals surface area contributed by atoms with E-state index in [-0.39, 0.29) is 76.3 Å². The Morgan fingerprint density at radius 1 is 1.12 bits per heavy atom. The van der Waals surface area contributed by atoms with Crippen LogP contribution < -0.4 is 59.7 Å². The van der Waals surface area contributed by atoms with Gasteiger partial charge in [-0.05, 0) is 0 Å². The van der Waals surface area contributed by atoms with Gasteiger partial charge in [0.15, 0.2) is 0 Å². The minimum atomic E-state index is -5.75. The quantitative estimate of drug-likeness (QED) is 0.390. The molecule has 0 atom stereocenters. The molecule has 0 fully saturated rings. The molecule has 0 radical (unpaired) electrons. The van der Waals surface area contributed by atoms with Gasteiger partial charge in [0, 0.05) is 0 Å². The Balaban J connectivity index is -0.0000000267. The van der Waals surface area contributed by atoms with Crippen molar-refractivity contribution in [1.29, 1.82) is 0 Å². The average molecular weight is 236 g/mol. The molecule has 0 aromatic carbocycles. The molecular weight excluding hydrogens is 236 g/mol. The topological polar surface area (TPSA) is 109 Å². The fraction of sp³-hybridized carbons (Fsp3) is 0. The van der Waals surface area contributed by atoms with E-state index in [1.54, 1.807) is 0 Å². The molecule has 0 N–H and O–H groups in total. The van der Waals surface area contributed by atoms with Crippen molar-refractivity contribution in [2.75, 3.05) is 0 Å². The van der Waals surface area contributed by atoms with Gasteiger partial charge in [0.1, 0.15) is 0 Å². The van der Waals surface area contributed by atoms with Crippen molar-refractivity contribution in [3.8, 4) is 0 Å². The molecule has 0 rings (SSSR count). The van der Waals surface area contributed by atoms with E-state index in [4.69, 9.17) is 15.9 Å². The Kier molecular flexibility index (Phi) is 26.0. The van der Waals surface area contributed by atoms with Crippen molar-refractivity contribution in [3.63, 3.8) is 0 Å². The molecule has 0 aromatic rings. The molecule has 0 spiro atoms. The maximum atomic E-state index is 8.59. The first kappa shape index (κ1) is 22.4. The van der Waals surface area contributed by atoms with Crippen molar-refractivity contribution >= 4 is 0 Å². The summed E-state index contributed by atoms with van der Waals surface area (Å²) >= 11 is -5.75. The van der Waals surface area contributed by atoms with Gasteiger partial charge >= 0.3 is 100 Å². The van der Waals surface area contributed by atoms with Crippen LogP contribution in [-0.2, 0) is 46.2 Å².